The standard InChI is InChI=1S/C16H20BrN3O2/c1-19(14-5-6-18-9-14)16(22)11-7-15(21)20(10-11)13-4-2-3-12(17)8-13/h2-4,8,11,14,18H,5-7,9-10H2,1H3. The molecule has 0 aromatic heterocycles. The Morgan fingerprint density at radius 2 is 2.27 bits per heavy atom. The highest BCUT2D eigenvalue weighted by molar-refractivity contribution is 9.10. The first-order chi connectivity index (χ1) is 10.6. The molecule has 2 unspecified atom stereocenters. The summed E-state index contributed by atoms with van der Waals surface area (Å²) in [5.41, 5.74) is 0.847. The Kier molecular flexibility index (Phi) is 4.49. The predicted molar refractivity (Wildman–Crippen MR) is 88.6 cm³/mol. The van der Waals surface area contributed by atoms with E-state index in [0.29, 0.717) is 13.0 Å². The van der Waals surface area contributed by atoms with Crippen LogP contribution in [0.25, 0.3) is 0 Å². The van der Waals surface area contributed by atoms with Gasteiger partial charge in [-0.2, -0.15) is 0 Å². The number of halogens is 1. The van der Waals surface area contributed by atoms with Gasteiger partial charge in [0.15, 0.2) is 0 Å². The Morgan fingerprint density at radius 3 is 2.95 bits per heavy atom. The van der Waals surface area contributed by atoms with Gasteiger partial charge in [-0.05, 0) is 31.2 Å². The molecule has 3 rings (SSSR count). The SMILES string of the molecule is CN(C(=O)C1CC(=O)N(c2cccc(Br)c2)C1)C1CCNC1. The van der Waals surface area contributed by atoms with Crippen molar-refractivity contribution in [1.82, 2.24) is 10.2 Å². The first-order valence-corrected chi connectivity index (χ1v) is 8.39. The van der Waals surface area contributed by atoms with E-state index in [0.717, 1.165) is 29.7 Å². The molecule has 2 amide bonds. The highest BCUT2D eigenvalue weighted by atomic mass is 79.9. The molecule has 5 nitrogen and oxygen atoms in total. The summed E-state index contributed by atoms with van der Waals surface area (Å²) in [5, 5.41) is 3.27. The Balaban J connectivity index is 1.70. The molecule has 1 N–H and O–H groups in total. The lowest BCUT2D eigenvalue weighted by molar-refractivity contribution is -0.136. The minimum Gasteiger partial charge on any atom is -0.341 e. The van der Waals surface area contributed by atoms with Crippen molar-refractivity contribution in [2.45, 2.75) is 18.9 Å². The van der Waals surface area contributed by atoms with Gasteiger partial charge in [0.05, 0.1) is 5.92 Å². The maximum atomic E-state index is 12.6. The van der Waals surface area contributed by atoms with Gasteiger partial charge in [-0.1, -0.05) is 22.0 Å². The van der Waals surface area contributed by atoms with Gasteiger partial charge in [0.2, 0.25) is 11.8 Å². The van der Waals surface area contributed by atoms with Crippen LogP contribution in [-0.2, 0) is 9.59 Å². The fourth-order valence-corrected chi connectivity index (χ4v) is 3.59. The number of nitrogens with one attached hydrogen (secondary N) is 1. The molecule has 0 aliphatic carbocycles. The third-order valence-corrected chi connectivity index (χ3v) is 5.02. The Morgan fingerprint density at radius 1 is 1.45 bits per heavy atom. The molecule has 1 aromatic carbocycles. The highest BCUT2D eigenvalue weighted by Gasteiger charge is 2.38. The van der Waals surface area contributed by atoms with Gasteiger partial charge in [-0.3, -0.25) is 9.59 Å². The summed E-state index contributed by atoms with van der Waals surface area (Å²) in [6.07, 6.45) is 1.29. The molecule has 2 saturated heterocycles. The van der Waals surface area contributed by atoms with Crippen LogP contribution < -0.4 is 10.2 Å². The molecule has 2 fully saturated rings. The van der Waals surface area contributed by atoms with Crippen LogP contribution in [0.3, 0.4) is 0 Å². The van der Waals surface area contributed by atoms with Gasteiger partial charge in [0.1, 0.15) is 0 Å². The molecule has 2 heterocycles. The minimum atomic E-state index is -0.239. The van der Waals surface area contributed by atoms with Gasteiger partial charge >= 0.3 is 0 Å². The number of nitrogens with zero attached hydrogens (tertiary/aromatic N) is 2. The number of carbonyl (C=O) groups excluding carboxylic acids is 2. The number of carbonyl (C=O) groups is 2. The molecular weight excluding hydrogens is 346 g/mol. The molecular formula is C16H20BrN3O2. The lowest BCUT2D eigenvalue weighted by atomic mass is 10.1. The van der Waals surface area contributed by atoms with E-state index in [-0.39, 0.29) is 23.8 Å². The van der Waals surface area contributed by atoms with Crippen LogP contribution in [0.4, 0.5) is 5.69 Å². The van der Waals surface area contributed by atoms with Crippen LogP contribution in [0.1, 0.15) is 12.8 Å². The summed E-state index contributed by atoms with van der Waals surface area (Å²) in [6.45, 7) is 2.27. The molecule has 0 radical (unpaired) electrons. The molecule has 2 aliphatic rings. The number of anilines is 1. The third-order valence-electron chi connectivity index (χ3n) is 4.52. The van der Waals surface area contributed by atoms with Gasteiger partial charge in [0.25, 0.3) is 0 Å². The summed E-state index contributed by atoms with van der Waals surface area (Å²) < 4.78 is 0.932. The fraction of sp³-hybridized carbons (Fsp3) is 0.500. The van der Waals surface area contributed by atoms with E-state index in [1.165, 1.54) is 0 Å². The van der Waals surface area contributed by atoms with Crippen molar-refractivity contribution in [3.63, 3.8) is 0 Å². The second kappa shape index (κ2) is 6.38. The number of likely N-dealkylation sites (N-methyl/N-ethyl adjacent to an activating group) is 1. The fourth-order valence-electron chi connectivity index (χ4n) is 3.20. The topological polar surface area (TPSA) is 52.7 Å². The van der Waals surface area contributed by atoms with E-state index in [9.17, 15) is 9.59 Å². The Labute approximate surface area is 138 Å². The lowest BCUT2D eigenvalue weighted by Gasteiger charge is -2.26. The summed E-state index contributed by atoms with van der Waals surface area (Å²) in [5.74, 6) is -0.133. The van der Waals surface area contributed by atoms with Crippen molar-refractivity contribution >= 4 is 33.4 Å². The summed E-state index contributed by atoms with van der Waals surface area (Å²) in [6, 6.07) is 7.89. The lowest BCUT2D eigenvalue weighted by Crippen LogP contribution is -2.42. The van der Waals surface area contributed by atoms with Gasteiger partial charge in [0, 0.05) is 42.8 Å². The van der Waals surface area contributed by atoms with Crippen LogP contribution in [-0.4, -0.2) is 49.4 Å². The smallest absolute Gasteiger partial charge is 0.228 e. The van der Waals surface area contributed by atoms with E-state index in [2.05, 4.69) is 21.2 Å². The zero-order valence-electron chi connectivity index (χ0n) is 12.6. The van der Waals surface area contributed by atoms with Crippen molar-refractivity contribution < 1.29 is 9.59 Å². The van der Waals surface area contributed by atoms with Crippen molar-refractivity contribution in [3.8, 4) is 0 Å². The average molecular weight is 366 g/mol. The Bertz CT molecular complexity index is 587. The number of rotatable bonds is 3. The molecule has 0 bridgehead atoms. The molecule has 0 spiro atoms. The van der Waals surface area contributed by atoms with Gasteiger partial charge in [-0.15, -0.1) is 0 Å². The largest absolute Gasteiger partial charge is 0.341 e. The minimum absolute atomic E-state index is 0.0226. The number of hydrogen-bond donors (Lipinski definition) is 1. The Hall–Kier alpha value is -1.40. The highest BCUT2D eigenvalue weighted by Crippen LogP contribution is 2.28. The van der Waals surface area contributed by atoms with Crippen molar-refractivity contribution in [2.75, 3.05) is 31.6 Å². The van der Waals surface area contributed by atoms with Crippen LogP contribution in [0.15, 0.2) is 28.7 Å². The summed E-state index contributed by atoms with van der Waals surface area (Å²) in [4.78, 5) is 28.4. The van der Waals surface area contributed by atoms with Crippen molar-refractivity contribution in [3.05, 3.63) is 28.7 Å². The summed E-state index contributed by atoms with van der Waals surface area (Å²) >= 11 is 3.42. The average Bonchev–Trinajstić information content (AvgIpc) is 3.15. The number of amides is 2. The third kappa shape index (κ3) is 3.03. The molecule has 2 aliphatic heterocycles. The zero-order valence-corrected chi connectivity index (χ0v) is 14.2. The van der Waals surface area contributed by atoms with E-state index in [4.69, 9.17) is 0 Å². The first-order valence-electron chi connectivity index (χ1n) is 7.59. The molecule has 0 saturated carbocycles. The monoisotopic (exact) mass is 365 g/mol. The molecule has 6 heteroatoms. The maximum Gasteiger partial charge on any atom is 0.228 e. The van der Waals surface area contributed by atoms with Crippen LogP contribution in [0.5, 0.6) is 0 Å². The van der Waals surface area contributed by atoms with E-state index >= 15 is 0 Å². The second-order valence-corrected chi connectivity index (χ2v) is 6.90. The molecule has 118 valence electrons. The molecule has 22 heavy (non-hydrogen) atoms. The second-order valence-electron chi connectivity index (χ2n) is 5.98. The van der Waals surface area contributed by atoms with E-state index in [1.807, 2.05) is 36.2 Å². The number of hydrogen-bond acceptors (Lipinski definition) is 3. The quantitative estimate of drug-likeness (QED) is 0.885. The normalized spacial score (nSPS) is 24.8. The zero-order chi connectivity index (χ0) is 15.7. The van der Waals surface area contributed by atoms with Gasteiger partial charge in [-0.25, -0.2) is 0 Å². The number of benzene rings is 1. The van der Waals surface area contributed by atoms with Crippen molar-refractivity contribution in [2.24, 2.45) is 5.92 Å². The van der Waals surface area contributed by atoms with E-state index < -0.39 is 0 Å². The van der Waals surface area contributed by atoms with Crippen LogP contribution >= 0.6 is 15.9 Å². The first kappa shape index (κ1) is 15.5. The predicted octanol–water partition coefficient (Wildman–Crippen LogP) is 1.62. The van der Waals surface area contributed by atoms with Crippen molar-refractivity contribution in [1.29, 1.82) is 0 Å². The van der Waals surface area contributed by atoms with Crippen LogP contribution in [0.2, 0.25) is 0 Å². The van der Waals surface area contributed by atoms with Gasteiger partial charge < -0.3 is 15.1 Å². The molecule has 2 atom stereocenters. The molecule has 1 aromatic rings. The van der Waals surface area contributed by atoms with E-state index in [1.54, 1.807) is 4.90 Å². The summed E-state index contributed by atoms with van der Waals surface area (Å²) in [7, 11) is 1.85. The maximum absolute atomic E-state index is 12.6. The van der Waals surface area contributed by atoms with Crippen LogP contribution in [0, 0.1) is 5.92 Å².